The first-order valence-electron chi connectivity index (χ1n) is 6.26. The Bertz CT molecular complexity index is 664. The number of primary amides is 1. The molecular weight excluding hydrogens is 282 g/mol. The van der Waals surface area contributed by atoms with Gasteiger partial charge in [0, 0.05) is 18.9 Å². The maximum Gasteiger partial charge on any atom is 0.237 e. The van der Waals surface area contributed by atoms with Gasteiger partial charge in [-0.05, 0) is 12.1 Å². The zero-order valence-electron chi connectivity index (χ0n) is 10.6. The first kappa shape index (κ1) is 13.4. The number of aromatic nitrogens is 1. The Labute approximate surface area is 119 Å². The summed E-state index contributed by atoms with van der Waals surface area (Å²) in [5.74, 6) is 0.178. The minimum Gasteiger partial charge on any atom is -0.458 e. The molecule has 7 heteroatoms. The molecule has 1 aliphatic carbocycles. The van der Waals surface area contributed by atoms with Gasteiger partial charge in [0.25, 0.3) is 0 Å². The van der Waals surface area contributed by atoms with Crippen molar-refractivity contribution in [2.45, 2.75) is 31.0 Å². The molecule has 0 saturated heterocycles. The topological polar surface area (TPSA) is 101 Å². The third kappa shape index (κ3) is 2.26. The number of halogens is 1. The van der Waals surface area contributed by atoms with Gasteiger partial charge in [0.2, 0.25) is 5.91 Å². The number of nitrogens with two attached hydrogens (primary N) is 1. The highest BCUT2D eigenvalue weighted by Crippen LogP contribution is 2.32. The minimum atomic E-state index is -0.844. The average molecular weight is 296 g/mol. The molecule has 0 bridgehead atoms. The number of rotatable bonds is 4. The van der Waals surface area contributed by atoms with Crippen LogP contribution in [0.15, 0.2) is 22.6 Å². The minimum absolute atomic E-state index is 0.326. The van der Waals surface area contributed by atoms with Gasteiger partial charge in [-0.2, -0.15) is 0 Å². The van der Waals surface area contributed by atoms with Crippen LogP contribution in [0.1, 0.15) is 18.6 Å². The van der Waals surface area contributed by atoms with E-state index in [1.165, 1.54) is 0 Å². The second-order valence-electron chi connectivity index (χ2n) is 5.09. The smallest absolute Gasteiger partial charge is 0.237 e. The zero-order valence-corrected chi connectivity index (χ0v) is 11.4. The molecule has 0 radical (unpaired) electrons. The van der Waals surface area contributed by atoms with Crippen molar-refractivity contribution in [3.05, 3.63) is 29.1 Å². The summed E-state index contributed by atoms with van der Waals surface area (Å²) in [6.45, 7) is 0.337. The van der Waals surface area contributed by atoms with Gasteiger partial charge in [-0.25, -0.2) is 4.98 Å². The molecule has 0 aromatic carbocycles. The molecule has 2 aromatic rings. The Hall–Kier alpha value is -1.63. The maximum absolute atomic E-state index is 11.5. The summed E-state index contributed by atoms with van der Waals surface area (Å²) in [4.78, 5) is 15.6. The fourth-order valence-electron chi connectivity index (χ4n) is 2.47. The van der Waals surface area contributed by atoms with Crippen molar-refractivity contribution in [2.75, 3.05) is 0 Å². The van der Waals surface area contributed by atoms with E-state index in [-0.39, 0.29) is 0 Å². The first-order chi connectivity index (χ1) is 9.48. The molecule has 3 rings (SSSR count). The number of pyridine rings is 1. The van der Waals surface area contributed by atoms with Gasteiger partial charge in [-0.3, -0.25) is 10.1 Å². The lowest BCUT2D eigenvalue weighted by Crippen LogP contribution is -2.64. The van der Waals surface area contributed by atoms with E-state index in [1.54, 1.807) is 18.2 Å². The Morgan fingerprint density at radius 1 is 1.60 bits per heavy atom. The van der Waals surface area contributed by atoms with E-state index >= 15 is 0 Å². The molecule has 6 nitrogen and oxygen atoms in total. The molecule has 2 aromatic heterocycles. The van der Waals surface area contributed by atoms with Crippen LogP contribution >= 0.6 is 11.6 Å². The van der Waals surface area contributed by atoms with Crippen LogP contribution in [-0.4, -0.2) is 27.6 Å². The van der Waals surface area contributed by atoms with Crippen molar-refractivity contribution < 1.29 is 14.3 Å². The lowest BCUT2D eigenvalue weighted by molar-refractivity contribution is -0.133. The number of carbonyl (C=O) groups is 1. The van der Waals surface area contributed by atoms with Crippen LogP contribution in [0.3, 0.4) is 0 Å². The molecule has 0 aliphatic heterocycles. The molecule has 20 heavy (non-hydrogen) atoms. The SMILES string of the molecule is NC(=O)C1(NCc2cc3nc(Cl)ccc3o2)CC(O)C1. The summed E-state index contributed by atoms with van der Waals surface area (Å²) >= 11 is 5.81. The molecule has 1 amide bonds. The van der Waals surface area contributed by atoms with Crippen LogP contribution in [0.5, 0.6) is 0 Å². The van der Waals surface area contributed by atoms with E-state index in [2.05, 4.69) is 10.3 Å². The number of aliphatic hydroxyl groups is 1. The highest BCUT2D eigenvalue weighted by Gasteiger charge is 2.48. The van der Waals surface area contributed by atoms with E-state index in [0.29, 0.717) is 41.4 Å². The van der Waals surface area contributed by atoms with Gasteiger partial charge >= 0.3 is 0 Å². The average Bonchev–Trinajstić information content (AvgIpc) is 2.74. The number of hydrogen-bond acceptors (Lipinski definition) is 5. The monoisotopic (exact) mass is 295 g/mol. The highest BCUT2D eigenvalue weighted by atomic mass is 35.5. The summed E-state index contributed by atoms with van der Waals surface area (Å²) < 4.78 is 5.60. The third-order valence-electron chi connectivity index (χ3n) is 3.63. The molecule has 1 fully saturated rings. The standard InChI is InChI=1S/C13H14ClN3O3/c14-11-2-1-10-9(17-11)3-8(20-10)6-16-13(12(15)19)4-7(18)5-13/h1-3,7,16,18H,4-6H2,(H2,15,19). The highest BCUT2D eigenvalue weighted by molar-refractivity contribution is 6.29. The van der Waals surface area contributed by atoms with Crippen LogP contribution < -0.4 is 11.1 Å². The Morgan fingerprint density at radius 2 is 2.35 bits per heavy atom. The van der Waals surface area contributed by atoms with Crippen LogP contribution in [0.2, 0.25) is 5.15 Å². The Balaban J connectivity index is 1.75. The Morgan fingerprint density at radius 3 is 3.00 bits per heavy atom. The maximum atomic E-state index is 11.5. The van der Waals surface area contributed by atoms with Crippen LogP contribution in [-0.2, 0) is 11.3 Å². The lowest BCUT2D eigenvalue weighted by atomic mass is 9.73. The molecular formula is C13H14ClN3O3. The molecule has 4 N–H and O–H groups in total. The Kier molecular flexibility index (Phi) is 3.16. The molecule has 1 aliphatic rings. The van der Waals surface area contributed by atoms with Crippen molar-refractivity contribution >= 4 is 28.6 Å². The lowest BCUT2D eigenvalue weighted by Gasteiger charge is -2.43. The van der Waals surface area contributed by atoms with Gasteiger partial charge < -0.3 is 15.3 Å². The molecule has 2 heterocycles. The molecule has 0 spiro atoms. The predicted octanol–water partition coefficient (Wildman–Crippen LogP) is 0.950. The molecule has 0 atom stereocenters. The first-order valence-corrected chi connectivity index (χ1v) is 6.64. The summed E-state index contributed by atoms with van der Waals surface area (Å²) in [5.41, 5.74) is 5.83. The van der Waals surface area contributed by atoms with Gasteiger partial charge in [0.1, 0.15) is 22.0 Å². The van der Waals surface area contributed by atoms with Gasteiger partial charge in [0.15, 0.2) is 5.58 Å². The fourth-order valence-corrected chi connectivity index (χ4v) is 2.62. The quantitative estimate of drug-likeness (QED) is 0.729. The summed E-state index contributed by atoms with van der Waals surface area (Å²) in [6.07, 6.45) is 0.172. The zero-order chi connectivity index (χ0) is 14.3. The van der Waals surface area contributed by atoms with E-state index in [0.717, 1.165) is 0 Å². The van der Waals surface area contributed by atoms with Gasteiger partial charge in [-0.15, -0.1) is 0 Å². The fraction of sp³-hybridized carbons (Fsp3) is 0.385. The van der Waals surface area contributed by atoms with Crippen LogP contribution in [0.4, 0.5) is 0 Å². The van der Waals surface area contributed by atoms with Crippen molar-refractivity contribution in [1.82, 2.24) is 10.3 Å². The van der Waals surface area contributed by atoms with Crippen molar-refractivity contribution in [2.24, 2.45) is 5.73 Å². The number of nitrogens with one attached hydrogen (secondary N) is 1. The van der Waals surface area contributed by atoms with Crippen molar-refractivity contribution in [3.8, 4) is 0 Å². The van der Waals surface area contributed by atoms with Crippen LogP contribution in [0.25, 0.3) is 11.1 Å². The molecule has 1 saturated carbocycles. The van der Waals surface area contributed by atoms with E-state index in [1.807, 2.05) is 0 Å². The molecule has 106 valence electrons. The second-order valence-corrected chi connectivity index (χ2v) is 5.48. The van der Waals surface area contributed by atoms with Gasteiger partial charge in [-0.1, -0.05) is 11.6 Å². The number of nitrogens with zero attached hydrogens (tertiary/aromatic N) is 1. The van der Waals surface area contributed by atoms with E-state index in [4.69, 9.17) is 21.8 Å². The van der Waals surface area contributed by atoms with Crippen molar-refractivity contribution in [3.63, 3.8) is 0 Å². The summed E-state index contributed by atoms with van der Waals surface area (Å²) in [6, 6.07) is 5.15. The number of furan rings is 1. The largest absolute Gasteiger partial charge is 0.458 e. The van der Waals surface area contributed by atoms with E-state index < -0.39 is 17.6 Å². The van der Waals surface area contributed by atoms with Gasteiger partial charge in [0.05, 0.1) is 12.6 Å². The van der Waals surface area contributed by atoms with E-state index in [9.17, 15) is 9.90 Å². The second kappa shape index (κ2) is 4.73. The number of carbonyl (C=O) groups excluding carboxylic acids is 1. The number of aliphatic hydroxyl groups excluding tert-OH is 1. The predicted molar refractivity (Wildman–Crippen MR) is 73.0 cm³/mol. The number of fused-ring (bicyclic) bond motifs is 1. The third-order valence-corrected chi connectivity index (χ3v) is 3.84. The number of hydrogen-bond donors (Lipinski definition) is 3. The molecule has 0 unspecified atom stereocenters. The summed E-state index contributed by atoms with van der Waals surface area (Å²) in [5, 5.41) is 12.8. The summed E-state index contributed by atoms with van der Waals surface area (Å²) in [7, 11) is 0. The normalized spacial score (nSPS) is 25.6. The number of amides is 1. The van der Waals surface area contributed by atoms with Crippen LogP contribution in [0, 0.1) is 0 Å². The van der Waals surface area contributed by atoms with Crippen molar-refractivity contribution in [1.29, 1.82) is 0 Å².